The Balaban J connectivity index is 2.05. The number of unbranched alkanes of at least 4 members (excludes halogenated alkanes) is 5. The molecule has 3 nitrogen and oxygen atoms in total. The van der Waals surface area contributed by atoms with Crippen LogP contribution in [0.1, 0.15) is 45.4 Å². The fourth-order valence-electron chi connectivity index (χ4n) is 2.60. The standard InChI is InChI=1S/C17H24N2O/c1-2-3-4-5-6-9-12-19-16(18)13-14-10-7-8-11-15(14)17(19)20/h7-8,10-11,13H,2-6,9,12,18H2,1H3. The number of nitrogen functional groups attached to an aromatic ring is 1. The van der Waals surface area contributed by atoms with E-state index in [0.717, 1.165) is 23.7 Å². The highest BCUT2D eigenvalue weighted by Crippen LogP contribution is 2.14. The molecule has 0 atom stereocenters. The van der Waals surface area contributed by atoms with E-state index in [9.17, 15) is 4.79 Å². The number of benzene rings is 1. The molecule has 0 saturated heterocycles. The third kappa shape index (κ3) is 3.41. The maximum atomic E-state index is 12.4. The first-order valence-electron chi connectivity index (χ1n) is 7.62. The van der Waals surface area contributed by atoms with Gasteiger partial charge in [-0.15, -0.1) is 0 Å². The maximum Gasteiger partial charge on any atom is 0.259 e. The van der Waals surface area contributed by atoms with Crippen LogP contribution in [0.2, 0.25) is 0 Å². The Morgan fingerprint density at radius 3 is 2.55 bits per heavy atom. The zero-order chi connectivity index (χ0) is 14.4. The van der Waals surface area contributed by atoms with Gasteiger partial charge in [-0.1, -0.05) is 57.2 Å². The molecular formula is C17H24N2O. The van der Waals surface area contributed by atoms with Crippen LogP contribution in [0.15, 0.2) is 35.1 Å². The number of pyridine rings is 1. The quantitative estimate of drug-likeness (QED) is 0.776. The molecule has 2 N–H and O–H groups in total. The van der Waals surface area contributed by atoms with Crippen LogP contribution in [0.3, 0.4) is 0 Å². The van der Waals surface area contributed by atoms with Crippen molar-refractivity contribution < 1.29 is 0 Å². The van der Waals surface area contributed by atoms with Crippen molar-refractivity contribution in [3.8, 4) is 0 Å². The summed E-state index contributed by atoms with van der Waals surface area (Å²) in [4.78, 5) is 12.4. The van der Waals surface area contributed by atoms with Crippen LogP contribution in [0, 0.1) is 0 Å². The lowest BCUT2D eigenvalue weighted by molar-refractivity contribution is 0.555. The topological polar surface area (TPSA) is 48.0 Å². The predicted molar refractivity (Wildman–Crippen MR) is 86.0 cm³/mol. The number of rotatable bonds is 7. The van der Waals surface area contributed by atoms with Gasteiger partial charge in [0.15, 0.2) is 0 Å². The van der Waals surface area contributed by atoms with Gasteiger partial charge >= 0.3 is 0 Å². The van der Waals surface area contributed by atoms with Gasteiger partial charge in [0, 0.05) is 11.9 Å². The van der Waals surface area contributed by atoms with Crippen LogP contribution in [-0.2, 0) is 6.54 Å². The monoisotopic (exact) mass is 272 g/mol. The smallest absolute Gasteiger partial charge is 0.259 e. The molecule has 0 aliphatic rings. The van der Waals surface area contributed by atoms with Crippen molar-refractivity contribution in [1.29, 1.82) is 0 Å². The van der Waals surface area contributed by atoms with E-state index in [1.165, 1.54) is 32.1 Å². The van der Waals surface area contributed by atoms with E-state index in [1.807, 2.05) is 30.3 Å². The molecule has 108 valence electrons. The Kier molecular flexibility index (Phi) is 5.22. The van der Waals surface area contributed by atoms with E-state index in [2.05, 4.69) is 6.92 Å². The highest BCUT2D eigenvalue weighted by Gasteiger charge is 2.06. The molecule has 0 saturated carbocycles. The van der Waals surface area contributed by atoms with Gasteiger partial charge in [-0.05, 0) is 23.9 Å². The molecule has 0 amide bonds. The van der Waals surface area contributed by atoms with Crippen molar-refractivity contribution in [1.82, 2.24) is 4.57 Å². The Morgan fingerprint density at radius 2 is 1.75 bits per heavy atom. The van der Waals surface area contributed by atoms with E-state index in [1.54, 1.807) is 4.57 Å². The minimum Gasteiger partial charge on any atom is -0.385 e. The second kappa shape index (κ2) is 7.13. The summed E-state index contributed by atoms with van der Waals surface area (Å²) >= 11 is 0. The van der Waals surface area contributed by atoms with E-state index in [-0.39, 0.29) is 5.56 Å². The lowest BCUT2D eigenvalue weighted by Crippen LogP contribution is -2.23. The van der Waals surface area contributed by atoms with Crippen LogP contribution in [-0.4, -0.2) is 4.57 Å². The van der Waals surface area contributed by atoms with E-state index < -0.39 is 0 Å². The molecule has 3 heteroatoms. The van der Waals surface area contributed by atoms with Crippen LogP contribution in [0.5, 0.6) is 0 Å². The zero-order valence-electron chi connectivity index (χ0n) is 12.3. The van der Waals surface area contributed by atoms with Gasteiger partial charge in [0.2, 0.25) is 0 Å². The van der Waals surface area contributed by atoms with Crippen LogP contribution in [0.4, 0.5) is 5.82 Å². The fourth-order valence-corrected chi connectivity index (χ4v) is 2.60. The molecule has 0 aliphatic carbocycles. The number of nitrogens with zero attached hydrogens (tertiary/aromatic N) is 1. The second-order valence-corrected chi connectivity index (χ2v) is 5.38. The third-order valence-corrected chi connectivity index (χ3v) is 3.79. The lowest BCUT2D eigenvalue weighted by Gasteiger charge is -2.11. The zero-order valence-corrected chi connectivity index (χ0v) is 12.3. The summed E-state index contributed by atoms with van der Waals surface area (Å²) in [6.07, 6.45) is 7.29. The first-order chi connectivity index (χ1) is 9.74. The predicted octanol–water partition coefficient (Wildman–Crippen LogP) is 3.94. The molecule has 2 aromatic rings. The van der Waals surface area contributed by atoms with Gasteiger partial charge in [0.1, 0.15) is 5.82 Å². The van der Waals surface area contributed by atoms with Crippen LogP contribution < -0.4 is 11.3 Å². The molecule has 1 aromatic carbocycles. The van der Waals surface area contributed by atoms with Gasteiger partial charge in [-0.2, -0.15) is 0 Å². The molecule has 0 unspecified atom stereocenters. The Hall–Kier alpha value is -1.77. The van der Waals surface area contributed by atoms with E-state index >= 15 is 0 Å². The fraction of sp³-hybridized carbons (Fsp3) is 0.471. The third-order valence-electron chi connectivity index (χ3n) is 3.79. The van der Waals surface area contributed by atoms with Gasteiger partial charge in [0.25, 0.3) is 5.56 Å². The highest BCUT2D eigenvalue weighted by atomic mass is 16.1. The number of hydrogen-bond acceptors (Lipinski definition) is 2. The molecule has 0 fully saturated rings. The summed E-state index contributed by atoms with van der Waals surface area (Å²) in [5.74, 6) is 0.572. The molecule has 2 rings (SSSR count). The second-order valence-electron chi connectivity index (χ2n) is 5.38. The molecular weight excluding hydrogens is 248 g/mol. The molecule has 1 aromatic heterocycles. The summed E-state index contributed by atoms with van der Waals surface area (Å²) in [5.41, 5.74) is 6.05. The summed E-state index contributed by atoms with van der Waals surface area (Å²) in [7, 11) is 0. The first-order valence-corrected chi connectivity index (χ1v) is 7.62. The number of nitrogens with two attached hydrogens (primary N) is 1. The molecule has 0 aliphatic heterocycles. The Morgan fingerprint density at radius 1 is 1.05 bits per heavy atom. The van der Waals surface area contributed by atoms with Crippen molar-refractivity contribution in [2.24, 2.45) is 0 Å². The number of aromatic nitrogens is 1. The first kappa shape index (κ1) is 14.6. The number of fused-ring (bicyclic) bond motifs is 1. The lowest BCUT2D eigenvalue weighted by atomic mass is 10.1. The molecule has 0 radical (unpaired) electrons. The van der Waals surface area contributed by atoms with Crippen molar-refractivity contribution in [3.63, 3.8) is 0 Å². The van der Waals surface area contributed by atoms with Crippen LogP contribution >= 0.6 is 0 Å². The van der Waals surface area contributed by atoms with Gasteiger partial charge < -0.3 is 5.73 Å². The largest absolute Gasteiger partial charge is 0.385 e. The van der Waals surface area contributed by atoms with Crippen molar-refractivity contribution in [2.45, 2.75) is 52.0 Å². The normalized spacial score (nSPS) is 11.1. The molecule has 20 heavy (non-hydrogen) atoms. The minimum absolute atomic E-state index is 0.0363. The van der Waals surface area contributed by atoms with Gasteiger partial charge in [0.05, 0.1) is 0 Å². The minimum atomic E-state index is 0.0363. The number of anilines is 1. The number of hydrogen-bond donors (Lipinski definition) is 1. The SMILES string of the molecule is CCCCCCCCn1c(N)cc2ccccc2c1=O. The Bertz CT molecular complexity index is 616. The summed E-state index contributed by atoms with van der Waals surface area (Å²) in [6.45, 7) is 2.94. The van der Waals surface area contributed by atoms with Crippen molar-refractivity contribution in [2.75, 3.05) is 5.73 Å². The van der Waals surface area contributed by atoms with Gasteiger partial charge in [-0.25, -0.2) is 0 Å². The molecule has 1 heterocycles. The molecule has 0 bridgehead atoms. The van der Waals surface area contributed by atoms with E-state index in [4.69, 9.17) is 5.73 Å². The maximum absolute atomic E-state index is 12.4. The summed E-state index contributed by atoms with van der Waals surface area (Å²) in [6, 6.07) is 9.53. The average molecular weight is 272 g/mol. The van der Waals surface area contributed by atoms with E-state index in [0.29, 0.717) is 5.82 Å². The van der Waals surface area contributed by atoms with Crippen molar-refractivity contribution in [3.05, 3.63) is 40.7 Å². The summed E-state index contributed by atoms with van der Waals surface area (Å²) in [5, 5.41) is 1.68. The Labute approximate surface area is 120 Å². The highest BCUT2D eigenvalue weighted by molar-refractivity contribution is 5.83. The van der Waals surface area contributed by atoms with Gasteiger partial charge in [-0.3, -0.25) is 9.36 Å². The summed E-state index contributed by atoms with van der Waals surface area (Å²) < 4.78 is 1.71. The molecule has 0 spiro atoms. The van der Waals surface area contributed by atoms with Crippen LogP contribution in [0.25, 0.3) is 10.8 Å². The average Bonchev–Trinajstić information content (AvgIpc) is 2.45. The van der Waals surface area contributed by atoms with Crippen molar-refractivity contribution >= 4 is 16.6 Å².